The van der Waals surface area contributed by atoms with Crippen LogP contribution in [0.3, 0.4) is 0 Å². The molecule has 9 heteroatoms. The van der Waals surface area contributed by atoms with Gasteiger partial charge in [0.1, 0.15) is 5.82 Å². The van der Waals surface area contributed by atoms with E-state index in [2.05, 4.69) is 15.4 Å². The Kier molecular flexibility index (Phi) is 4.62. The molecule has 0 radical (unpaired) electrons. The second-order valence-electron chi connectivity index (χ2n) is 7.07. The molecule has 1 aliphatic rings. The molecule has 0 N–H and O–H groups in total. The number of rotatable bonds is 4. The van der Waals surface area contributed by atoms with Gasteiger partial charge >= 0.3 is 0 Å². The summed E-state index contributed by atoms with van der Waals surface area (Å²) in [4.78, 5) is 14.5. The molecule has 1 aliphatic heterocycles. The van der Waals surface area contributed by atoms with Gasteiger partial charge in [-0.3, -0.25) is 4.79 Å². The molecule has 3 aromatic heterocycles. The smallest absolute Gasteiger partial charge is 0.276 e. The largest absolute Gasteiger partial charge is 0.461 e. The fraction of sp³-hybridized carbons (Fsp3) is 0.238. The first-order chi connectivity index (χ1) is 14.7. The minimum Gasteiger partial charge on any atom is -0.461 e. The number of amides is 1. The van der Waals surface area contributed by atoms with Crippen LogP contribution in [0.4, 0.5) is 4.39 Å². The van der Waals surface area contributed by atoms with Crippen molar-refractivity contribution in [2.75, 3.05) is 13.1 Å². The first-order valence-corrected chi connectivity index (χ1v) is 9.56. The number of aromatic nitrogens is 3. The number of piperidine rings is 1. The van der Waals surface area contributed by atoms with E-state index in [1.807, 2.05) is 0 Å². The Morgan fingerprint density at radius 3 is 2.60 bits per heavy atom. The SMILES string of the molecule is O=C(c1cc(-c2ccco2)on1)N1CCC(c2nnc(-c3ccc(F)cc3)o2)CC1. The van der Waals surface area contributed by atoms with Crippen molar-refractivity contribution in [1.82, 2.24) is 20.3 Å². The lowest BCUT2D eigenvalue weighted by Gasteiger charge is -2.29. The lowest BCUT2D eigenvalue weighted by molar-refractivity contribution is 0.0696. The van der Waals surface area contributed by atoms with Crippen LogP contribution in [0.15, 0.2) is 62.1 Å². The third-order valence-corrected chi connectivity index (χ3v) is 5.16. The fourth-order valence-corrected chi connectivity index (χ4v) is 3.51. The number of furan rings is 1. The van der Waals surface area contributed by atoms with Crippen molar-refractivity contribution in [3.63, 3.8) is 0 Å². The second-order valence-corrected chi connectivity index (χ2v) is 7.07. The molecular weight excluding hydrogens is 391 g/mol. The van der Waals surface area contributed by atoms with Gasteiger partial charge in [-0.05, 0) is 49.2 Å². The average molecular weight is 408 g/mol. The normalized spacial score (nSPS) is 14.9. The van der Waals surface area contributed by atoms with Crippen molar-refractivity contribution in [2.24, 2.45) is 0 Å². The van der Waals surface area contributed by atoms with Gasteiger partial charge in [0.2, 0.25) is 17.5 Å². The zero-order chi connectivity index (χ0) is 20.5. The van der Waals surface area contributed by atoms with Crippen LogP contribution in [0.1, 0.15) is 35.1 Å². The summed E-state index contributed by atoms with van der Waals surface area (Å²) in [6.45, 7) is 1.08. The van der Waals surface area contributed by atoms with E-state index in [1.165, 1.54) is 18.4 Å². The monoisotopic (exact) mass is 408 g/mol. The quantitative estimate of drug-likeness (QED) is 0.500. The number of hydrogen-bond donors (Lipinski definition) is 0. The Labute approximate surface area is 170 Å². The number of carbonyl (C=O) groups is 1. The Morgan fingerprint density at radius 2 is 1.87 bits per heavy atom. The molecule has 0 saturated carbocycles. The molecular formula is C21H17FN4O4. The molecule has 1 amide bonds. The van der Waals surface area contributed by atoms with Crippen LogP contribution < -0.4 is 0 Å². The van der Waals surface area contributed by atoms with Gasteiger partial charge in [-0.15, -0.1) is 10.2 Å². The summed E-state index contributed by atoms with van der Waals surface area (Å²) in [6.07, 6.45) is 2.92. The molecule has 4 heterocycles. The van der Waals surface area contributed by atoms with E-state index in [-0.39, 0.29) is 23.3 Å². The maximum atomic E-state index is 13.1. The van der Waals surface area contributed by atoms with E-state index in [0.717, 1.165) is 0 Å². The van der Waals surface area contributed by atoms with Crippen molar-refractivity contribution in [2.45, 2.75) is 18.8 Å². The van der Waals surface area contributed by atoms with Gasteiger partial charge in [0.25, 0.3) is 5.91 Å². The van der Waals surface area contributed by atoms with E-state index < -0.39 is 0 Å². The van der Waals surface area contributed by atoms with Crippen LogP contribution in [-0.2, 0) is 0 Å². The minimum absolute atomic E-state index is 0.0618. The van der Waals surface area contributed by atoms with Gasteiger partial charge in [-0.2, -0.15) is 0 Å². The standard InChI is InChI=1S/C21H17FN4O4/c22-15-5-3-13(4-6-15)19-23-24-20(29-19)14-7-9-26(10-8-14)21(27)16-12-18(30-25-16)17-2-1-11-28-17/h1-6,11-12,14H,7-10H2. The lowest BCUT2D eigenvalue weighted by Crippen LogP contribution is -2.38. The third-order valence-electron chi connectivity index (χ3n) is 5.16. The van der Waals surface area contributed by atoms with Gasteiger partial charge in [0.05, 0.1) is 6.26 Å². The van der Waals surface area contributed by atoms with Crippen LogP contribution >= 0.6 is 0 Å². The zero-order valence-electron chi connectivity index (χ0n) is 15.8. The Morgan fingerprint density at radius 1 is 1.07 bits per heavy atom. The van der Waals surface area contributed by atoms with Crippen LogP contribution in [0.5, 0.6) is 0 Å². The molecule has 0 unspecified atom stereocenters. The summed E-state index contributed by atoms with van der Waals surface area (Å²) in [7, 11) is 0. The van der Waals surface area contributed by atoms with Crippen LogP contribution in [-0.4, -0.2) is 39.3 Å². The highest BCUT2D eigenvalue weighted by atomic mass is 19.1. The highest BCUT2D eigenvalue weighted by Crippen LogP contribution is 2.30. The summed E-state index contributed by atoms with van der Waals surface area (Å²) in [6, 6.07) is 11.0. The molecule has 0 bridgehead atoms. The number of hydrogen-bond acceptors (Lipinski definition) is 7. The van der Waals surface area contributed by atoms with Gasteiger partial charge in [-0.1, -0.05) is 5.16 Å². The van der Waals surface area contributed by atoms with Gasteiger partial charge in [0, 0.05) is 30.6 Å². The second kappa shape index (κ2) is 7.58. The highest BCUT2D eigenvalue weighted by Gasteiger charge is 2.29. The molecule has 1 saturated heterocycles. The summed E-state index contributed by atoms with van der Waals surface area (Å²) in [5, 5.41) is 12.1. The zero-order valence-corrected chi connectivity index (χ0v) is 15.8. The molecule has 8 nitrogen and oxygen atoms in total. The maximum Gasteiger partial charge on any atom is 0.276 e. The number of likely N-dealkylation sites (tertiary alicyclic amines) is 1. The molecule has 152 valence electrons. The fourth-order valence-electron chi connectivity index (χ4n) is 3.51. The number of nitrogens with zero attached hydrogens (tertiary/aromatic N) is 4. The summed E-state index contributed by atoms with van der Waals surface area (Å²) < 4.78 is 29.3. The number of halogens is 1. The van der Waals surface area contributed by atoms with Gasteiger partial charge < -0.3 is 18.3 Å². The molecule has 0 aliphatic carbocycles. The lowest BCUT2D eigenvalue weighted by atomic mass is 9.96. The highest BCUT2D eigenvalue weighted by molar-refractivity contribution is 5.93. The average Bonchev–Trinajstić information content (AvgIpc) is 3.55. The summed E-state index contributed by atoms with van der Waals surface area (Å²) >= 11 is 0. The molecule has 0 spiro atoms. The Bertz CT molecular complexity index is 1140. The summed E-state index contributed by atoms with van der Waals surface area (Å²) in [5.74, 6) is 1.38. The Hall–Kier alpha value is -3.75. The molecule has 30 heavy (non-hydrogen) atoms. The Balaban J connectivity index is 1.22. The van der Waals surface area contributed by atoms with Gasteiger partial charge in [0.15, 0.2) is 11.5 Å². The first-order valence-electron chi connectivity index (χ1n) is 9.56. The molecule has 0 atom stereocenters. The maximum absolute atomic E-state index is 13.1. The summed E-state index contributed by atoms with van der Waals surface area (Å²) in [5.41, 5.74) is 0.914. The van der Waals surface area contributed by atoms with Gasteiger partial charge in [-0.25, -0.2) is 4.39 Å². The van der Waals surface area contributed by atoms with E-state index in [4.69, 9.17) is 13.4 Å². The molecule has 1 fully saturated rings. The minimum atomic E-state index is -0.320. The van der Waals surface area contributed by atoms with Crippen LogP contribution in [0.25, 0.3) is 23.0 Å². The van der Waals surface area contributed by atoms with Crippen molar-refractivity contribution < 1.29 is 22.5 Å². The number of benzene rings is 1. The van der Waals surface area contributed by atoms with Crippen molar-refractivity contribution in [3.05, 3.63) is 66.1 Å². The predicted octanol–water partition coefficient (Wildman–Crippen LogP) is 4.14. The van der Waals surface area contributed by atoms with E-state index in [1.54, 1.807) is 35.2 Å². The third kappa shape index (κ3) is 3.49. The van der Waals surface area contributed by atoms with Crippen molar-refractivity contribution in [1.29, 1.82) is 0 Å². The van der Waals surface area contributed by atoms with Crippen molar-refractivity contribution >= 4 is 5.91 Å². The van der Waals surface area contributed by atoms with Crippen LogP contribution in [0.2, 0.25) is 0 Å². The van der Waals surface area contributed by atoms with Crippen LogP contribution in [0, 0.1) is 5.82 Å². The number of carbonyl (C=O) groups excluding carboxylic acids is 1. The topological polar surface area (TPSA) is 98.4 Å². The van der Waals surface area contributed by atoms with E-state index >= 15 is 0 Å². The van der Waals surface area contributed by atoms with Crippen molar-refractivity contribution in [3.8, 4) is 23.0 Å². The molecule has 4 aromatic rings. The molecule has 1 aromatic carbocycles. The predicted molar refractivity (Wildman–Crippen MR) is 102 cm³/mol. The van der Waals surface area contributed by atoms with E-state index in [0.29, 0.717) is 54.8 Å². The van der Waals surface area contributed by atoms with E-state index in [9.17, 15) is 9.18 Å². The molecule has 5 rings (SSSR count). The first kappa shape index (κ1) is 18.3.